The van der Waals surface area contributed by atoms with Gasteiger partial charge in [-0.1, -0.05) is 30.4 Å². The van der Waals surface area contributed by atoms with E-state index in [1.807, 2.05) is 0 Å². The Morgan fingerprint density at radius 2 is 2.00 bits per heavy atom. The average Bonchev–Trinajstić information content (AvgIpc) is 2.47. The van der Waals surface area contributed by atoms with Crippen LogP contribution in [0.5, 0.6) is 0 Å². The molecule has 0 saturated heterocycles. The number of benzene rings is 1. The van der Waals surface area contributed by atoms with Gasteiger partial charge in [-0.25, -0.2) is 13.4 Å². The van der Waals surface area contributed by atoms with Gasteiger partial charge in [0.2, 0.25) is 0 Å². The maximum atomic E-state index is 12.5. The molecule has 2 rings (SSSR count). The lowest BCUT2D eigenvalue weighted by atomic mass is 10.2. The van der Waals surface area contributed by atoms with Crippen LogP contribution in [0.15, 0.2) is 53.6 Å². The molecule has 104 valence electrons. The molecule has 0 unspecified atom stereocenters. The maximum Gasteiger partial charge on any atom is 0.265 e. The van der Waals surface area contributed by atoms with Crippen LogP contribution >= 0.6 is 12.2 Å². The molecule has 0 amide bonds. The number of anilines is 1. The smallest absolute Gasteiger partial charge is 0.265 e. The van der Waals surface area contributed by atoms with Gasteiger partial charge in [0.25, 0.3) is 10.0 Å². The molecule has 0 aliphatic carbocycles. The number of nitrogens with zero attached hydrogens (tertiary/aromatic N) is 2. The van der Waals surface area contributed by atoms with Gasteiger partial charge in [0.1, 0.15) is 10.8 Å². The van der Waals surface area contributed by atoms with Crippen molar-refractivity contribution in [2.45, 2.75) is 4.90 Å². The van der Waals surface area contributed by atoms with Crippen LogP contribution in [0.4, 0.5) is 5.82 Å². The van der Waals surface area contributed by atoms with Gasteiger partial charge in [-0.05, 0) is 24.3 Å². The van der Waals surface area contributed by atoms with Crippen molar-refractivity contribution in [2.24, 2.45) is 5.73 Å². The summed E-state index contributed by atoms with van der Waals surface area (Å²) in [6, 6.07) is 11.3. The van der Waals surface area contributed by atoms with E-state index in [9.17, 15) is 8.42 Å². The molecule has 0 aliphatic heterocycles. The summed E-state index contributed by atoms with van der Waals surface area (Å²) >= 11 is 4.86. The summed E-state index contributed by atoms with van der Waals surface area (Å²) in [6.07, 6.45) is 1.53. The second-order valence-electron chi connectivity index (χ2n) is 4.05. The van der Waals surface area contributed by atoms with Crippen LogP contribution in [0, 0.1) is 0 Å². The van der Waals surface area contributed by atoms with E-state index >= 15 is 0 Å². The Labute approximate surface area is 123 Å². The first-order valence-corrected chi connectivity index (χ1v) is 7.57. The Hall–Kier alpha value is -1.99. The standard InChI is InChI=1S/C13H13N3O2S2/c1-16(12-7-2-3-8-15-12)20(17,18)11-6-4-5-10(9-11)13(14)19/h2-9H,1H3,(H2,14,19). The zero-order chi connectivity index (χ0) is 14.8. The Bertz CT molecular complexity index is 730. The molecular weight excluding hydrogens is 294 g/mol. The van der Waals surface area contributed by atoms with Crippen LogP contribution < -0.4 is 10.0 Å². The Balaban J connectivity index is 2.45. The van der Waals surface area contributed by atoms with E-state index in [-0.39, 0.29) is 9.88 Å². The fraction of sp³-hybridized carbons (Fsp3) is 0.0769. The molecule has 0 radical (unpaired) electrons. The third kappa shape index (κ3) is 2.78. The summed E-state index contributed by atoms with van der Waals surface area (Å²) in [7, 11) is -2.24. The van der Waals surface area contributed by atoms with Gasteiger partial charge < -0.3 is 5.73 Å². The second kappa shape index (κ2) is 5.56. The van der Waals surface area contributed by atoms with Gasteiger partial charge in [0, 0.05) is 18.8 Å². The number of aromatic nitrogens is 1. The van der Waals surface area contributed by atoms with Crippen LogP contribution in [0.2, 0.25) is 0 Å². The molecular formula is C13H13N3O2S2. The van der Waals surface area contributed by atoms with Crippen molar-refractivity contribution in [3.63, 3.8) is 0 Å². The first-order chi connectivity index (χ1) is 9.43. The minimum atomic E-state index is -3.69. The first-order valence-electron chi connectivity index (χ1n) is 5.73. The molecule has 1 heterocycles. The predicted molar refractivity (Wildman–Crippen MR) is 82.2 cm³/mol. The molecule has 0 bridgehead atoms. The fourth-order valence-corrected chi connectivity index (χ4v) is 2.95. The fourth-order valence-electron chi connectivity index (χ4n) is 1.63. The van der Waals surface area contributed by atoms with Crippen LogP contribution in [-0.4, -0.2) is 25.4 Å². The molecule has 5 nitrogen and oxygen atoms in total. The number of thiocarbonyl (C=S) groups is 1. The van der Waals surface area contributed by atoms with Gasteiger partial charge >= 0.3 is 0 Å². The van der Waals surface area contributed by atoms with Gasteiger partial charge in [-0.2, -0.15) is 0 Å². The van der Waals surface area contributed by atoms with Gasteiger partial charge in [0.15, 0.2) is 0 Å². The minimum absolute atomic E-state index is 0.121. The lowest BCUT2D eigenvalue weighted by Gasteiger charge is -2.18. The summed E-state index contributed by atoms with van der Waals surface area (Å²) in [5.74, 6) is 0.341. The summed E-state index contributed by atoms with van der Waals surface area (Å²) < 4.78 is 26.1. The number of hydrogen-bond donors (Lipinski definition) is 1. The van der Waals surface area contributed by atoms with E-state index in [0.29, 0.717) is 11.4 Å². The molecule has 0 fully saturated rings. The van der Waals surface area contributed by atoms with Crippen molar-refractivity contribution in [3.8, 4) is 0 Å². The van der Waals surface area contributed by atoms with E-state index in [1.54, 1.807) is 30.3 Å². The van der Waals surface area contributed by atoms with Gasteiger partial charge in [-0.15, -0.1) is 0 Å². The normalized spacial score (nSPS) is 11.1. The van der Waals surface area contributed by atoms with Crippen LogP contribution in [-0.2, 0) is 10.0 Å². The van der Waals surface area contributed by atoms with Crippen molar-refractivity contribution in [1.29, 1.82) is 0 Å². The van der Waals surface area contributed by atoms with Crippen molar-refractivity contribution in [3.05, 3.63) is 54.2 Å². The highest BCUT2D eigenvalue weighted by molar-refractivity contribution is 7.92. The summed E-state index contributed by atoms with van der Waals surface area (Å²) in [4.78, 5) is 4.30. The maximum absolute atomic E-state index is 12.5. The van der Waals surface area contributed by atoms with E-state index in [1.165, 1.54) is 25.4 Å². The van der Waals surface area contributed by atoms with E-state index < -0.39 is 10.0 Å². The molecule has 20 heavy (non-hydrogen) atoms. The highest BCUT2D eigenvalue weighted by Gasteiger charge is 2.22. The van der Waals surface area contributed by atoms with Crippen molar-refractivity contribution in [1.82, 2.24) is 4.98 Å². The van der Waals surface area contributed by atoms with Crippen LogP contribution in [0.3, 0.4) is 0 Å². The zero-order valence-electron chi connectivity index (χ0n) is 10.7. The average molecular weight is 307 g/mol. The van der Waals surface area contributed by atoms with Crippen molar-refractivity contribution < 1.29 is 8.42 Å². The van der Waals surface area contributed by atoms with Crippen molar-refractivity contribution >= 4 is 33.0 Å². The highest BCUT2D eigenvalue weighted by Crippen LogP contribution is 2.20. The largest absolute Gasteiger partial charge is 0.389 e. The van der Waals surface area contributed by atoms with Crippen LogP contribution in [0.25, 0.3) is 0 Å². The highest BCUT2D eigenvalue weighted by atomic mass is 32.2. The molecule has 1 aromatic heterocycles. The summed E-state index contributed by atoms with van der Waals surface area (Å²) in [5, 5.41) is 0. The number of hydrogen-bond acceptors (Lipinski definition) is 4. The molecule has 2 aromatic rings. The number of rotatable bonds is 4. The summed E-state index contributed by atoms with van der Waals surface area (Å²) in [5.41, 5.74) is 6.03. The molecule has 7 heteroatoms. The third-order valence-electron chi connectivity index (χ3n) is 2.75. The SMILES string of the molecule is CN(c1ccccn1)S(=O)(=O)c1cccc(C(N)=S)c1. The number of pyridine rings is 1. The van der Waals surface area contributed by atoms with Gasteiger partial charge in [-0.3, -0.25) is 4.31 Å². The topological polar surface area (TPSA) is 76.3 Å². The monoisotopic (exact) mass is 307 g/mol. The number of sulfonamides is 1. The number of nitrogens with two attached hydrogens (primary N) is 1. The zero-order valence-corrected chi connectivity index (χ0v) is 12.4. The van der Waals surface area contributed by atoms with Crippen LogP contribution in [0.1, 0.15) is 5.56 Å². The molecule has 0 spiro atoms. The Morgan fingerprint density at radius 3 is 2.60 bits per heavy atom. The first kappa shape index (κ1) is 14.4. The van der Waals surface area contributed by atoms with Crippen molar-refractivity contribution in [2.75, 3.05) is 11.4 Å². The lowest BCUT2D eigenvalue weighted by Crippen LogP contribution is -2.27. The Morgan fingerprint density at radius 1 is 1.25 bits per heavy atom. The molecule has 0 aliphatic rings. The quantitative estimate of drug-likeness (QED) is 0.867. The predicted octanol–water partition coefficient (Wildman–Crippen LogP) is 1.54. The minimum Gasteiger partial charge on any atom is -0.389 e. The van der Waals surface area contributed by atoms with E-state index in [0.717, 1.165) is 4.31 Å². The molecule has 0 atom stereocenters. The van der Waals surface area contributed by atoms with Gasteiger partial charge in [0.05, 0.1) is 4.90 Å². The molecule has 0 saturated carbocycles. The summed E-state index contributed by atoms with van der Waals surface area (Å²) in [6.45, 7) is 0. The lowest BCUT2D eigenvalue weighted by molar-refractivity contribution is 0.594. The third-order valence-corrected chi connectivity index (χ3v) is 4.74. The van der Waals surface area contributed by atoms with E-state index in [2.05, 4.69) is 4.98 Å². The molecule has 1 aromatic carbocycles. The molecule has 2 N–H and O–H groups in total. The van der Waals surface area contributed by atoms with E-state index in [4.69, 9.17) is 18.0 Å². The second-order valence-corrected chi connectivity index (χ2v) is 6.46. The Kier molecular flexibility index (Phi) is 4.01.